The summed E-state index contributed by atoms with van der Waals surface area (Å²) in [7, 11) is 0. The third-order valence-electron chi connectivity index (χ3n) is 4.36. The molecule has 2 N–H and O–H groups in total. The molecule has 2 aliphatic heterocycles. The fourth-order valence-corrected chi connectivity index (χ4v) is 3.22. The summed E-state index contributed by atoms with van der Waals surface area (Å²) in [5.74, 6) is 0.362. The quantitative estimate of drug-likeness (QED) is 0.668. The lowest BCUT2D eigenvalue weighted by atomic mass is 10.0. The van der Waals surface area contributed by atoms with Gasteiger partial charge in [-0.3, -0.25) is 0 Å². The van der Waals surface area contributed by atoms with Gasteiger partial charge in [0.15, 0.2) is 0 Å². The Morgan fingerprint density at radius 1 is 1.17 bits per heavy atom. The number of fused-ring (bicyclic) bond motifs is 5. The SMILES string of the molecule is Oc1ccc2nc3c4n(c(O)c3cc2c1)CC1=COC=CC1=C4. The molecule has 112 valence electrons. The number of aromatic nitrogens is 2. The topological polar surface area (TPSA) is 67.5 Å². The van der Waals surface area contributed by atoms with E-state index in [4.69, 9.17) is 4.74 Å². The number of benzene rings is 1. The Morgan fingerprint density at radius 3 is 3.00 bits per heavy atom. The van der Waals surface area contributed by atoms with Gasteiger partial charge in [-0.25, -0.2) is 4.98 Å². The van der Waals surface area contributed by atoms with Crippen LogP contribution in [0.3, 0.4) is 0 Å². The summed E-state index contributed by atoms with van der Waals surface area (Å²) in [5.41, 5.74) is 4.50. The van der Waals surface area contributed by atoms with E-state index in [1.54, 1.807) is 30.7 Å². The number of hydrogen-bond donors (Lipinski definition) is 2. The van der Waals surface area contributed by atoms with E-state index >= 15 is 0 Å². The lowest BCUT2D eigenvalue weighted by Crippen LogP contribution is -2.10. The van der Waals surface area contributed by atoms with Crippen LogP contribution >= 0.6 is 0 Å². The summed E-state index contributed by atoms with van der Waals surface area (Å²) in [6.07, 6.45) is 7.26. The summed E-state index contributed by atoms with van der Waals surface area (Å²) in [4.78, 5) is 4.68. The first kappa shape index (κ1) is 12.3. The molecule has 0 saturated carbocycles. The number of hydrogen-bond acceptors (Lipinski definition) is 4. The van der Waals surface area contributed by atoms with Gasteiger partial charge in [0.25, 0.3) is 0 Å². The Morgan fingerprint density at radius 2 is 2.09 bits per heavy atom. The van der Waals surface area contributed by atoms with E-state index in [1.807, 2.05) is 22.8 Å². The third-order valence-corrected chi connectivity index (χ3v) is 4.36. The zero-order valence-corrected chi connectivity index (χ0v) is 12.0. The third kappa shape index (κ3) is 1.64. The Kier molecular flexibility index (Phi) is 2.24. The molecule has 5 rings (SSSR count). The van der Waals surface area contributed by atoms with E-state index in [0.717, 1.165) is 33.3 Å². The number of aromatic hydroxyl groups is 2. The number of rotatable bonds is 0. The van der Waals surface area contributed by atoms with Crippen molar-refractivity contribution in [2.75, 3.05) is 0 Å². The number of ether oxygens (including phenoxy) is 1. The summed E-state index contributed by atoms with van der Waals surface area (Å²) in [6.45, 7) is 0.537. The van der Waals surface area contributed by atoms with Crippen molar-refractivity contribution in [3.05, 3.63) is 59.7 Å². The maximum atomic E-state index is 10.6. The molecule has 0 saturated heterocycles. The van der Waals surface area contributed by atoms with Crippen LogP contribution < -0.4 is 0 Å². The fourth-order valence-electron chi connectivity index (χ4n) is 3.22. The monoisotopic (exact) mass is 304 g/mol. The van der Waals surface area contributed by atoms with Crippen LogP contribution in [0.5, 0.6) is 11.6 Å². The Labute approximate surface area is 131 Å². The lowest BCUT2D eigenvalue weighted by Gasteiger charge is -2.20. The molecule has 0 radical (unpaired) electrons. The van der Waals surface area contributed by atoms with Crippen LogP contribution in [0.15, 0.2) is 54.0 Å². The number of nitrogens with zero attached hydrogens (tertiary/aromatic N) is 2. The second-order valence-corrected chi connectivity index (χ2v) is 5.74. The summed E-state index contributed by atoms with van der Waals surface area (Å²) in [6, 6.07) is 6.90. The van der Waals surface area contributed by atoms with E-state index in [1.165, 1.54) is 0 Å². The molecule has 2 aromatic heterocycles. The van der Waals surface area contributed by atoms with E-state index < -0.39 is 0 Å². The van der Waals surface area contributed by atoms with Crippen LogP contribution in [-0.2, 0) is 11.3 Å². The van der Waals surface area contributed by atoms with Gasteiger partial charge in [-0.15, -0.1) is 0 Å². The van der Waals surface area contributed by atoms with Crippen molar-refractivity contribution in [2.45, 2.75) is 6.54 Å². The normalized spacial score (nSPS) is 15.8. The van der Waals surface area contributed by atoms with Crippen molar-refractivity contribution in [1.29, 1.82) is 0 Å². The molecule has 0 atom stereocenters. The van der Waals surface area contributed by atoms with Crippen LogP contribution in [0.25, 0.3) is 27.9 Å². The molecule has 0 unspecified atom stereocenters. The van der Waals surface area contributed by atoms with Crippen molar-refractivity contribution in [1.82, 2.24) is 9.55 Å². The molecular weight excluding hydrogens is 292 g/mol. The zero-order valence-electron chi connectivity index (χ0n) is 12.0. The molecule has 2 aliphatic rings. The average molecular weight is 304 g/mol. The average Bonchev–Trinajstić information content (AvgIpc) is 2.83. The maximum absolute atomic E-state index is 10.6. The number of phenols is 1. The highest BCUT2D eigenvalue weighted by Crippen LogP contribution is 2.39. The second kappa shape index (κ2) is 4.16. The standard InChI is InChI=1S/C18H12N2O3/c21-13-1-2-15-11(5-13)6-14-17(19-15)16-7-10-3-4-23-9-12(10)8-20(16)18(14)22/h1-7,9,21-22H,8H2. The molecule has 0 aliphatic carbocycles. The van der Waals surface area contributed by atoms with Crippen LogP contribution in [0, 0.1) is 0 Å². The van der Waals surface area contributed by atoms with Gasteiger partial charge in [0.2, 0.25) is 5.88 Å². The Balaban J connectivity index is 1.87. The molecule has 3 aromatic rings. The Hall–Kier alpha value is -3.21. The van der Waals surface area contributed by atoms with Gasteiger partial charge in [-0.05, 0) is 42.0 Å². The van der Waals surface area contributed by atoms with E-state index in [0.29, 0.717) is 11.9 Å². The number of phenolic OH excluding ortho intramolecular Hbond substituents is 1. The van der Waals surface area contributed by atoms with Crippen molar-refractivity contribution in [2.24, 2.45) is 0 Å². The first-order valence-corrected chi connectivity index (χ1v) is 7.29. The van der Waals surface area contributed by atoms with Crippen LogP contribution in [0.4, 0.5) is 0 Å². The number of allylic oxidation sites excluding steroid dienone is 3. The van der Waals surface area contributed by atoms with Gasteiger partial charge in [0.05, 0.1) is 35.7 Å². The molecule has 1 aromatic carbocycles. The molecule has 0 spiro atoms. The highest BCUT2D eigenvalue weighted by Gasteiger charge is 2.23. The number of pyridine rings is 1. The van der Waals surface area contributed by atoms with E-state index in [2.05, 4.69) is 4.98 Å². The Bertz CT molecular complexity index is 1090. The summed E-state index contributed by atoms with van der Waals surface area (Å²) < 4.78 is 7.05. The van der Waals surface area contributed by atoms with Crippen LogP contribution in [0.1, 0.15) is 5.69 Å². The second-order valence-electron chi connectivity index (χ2n) is 5.74. The minimum atomic E-state index is 0.179. The van der Waals surface area contributed by atoms with Gasteiger partial charge >= 0.3 is 0 Å². The molecule has 0 fully saturated rings. The minimum Gasteiger partial charge on any atom is -0.508 e. The highest BCUT2D eigenvalue weighted by molar-refractivity contribution is 6.00. The smallest absolute Gasteiger partial charge is 0.201 e. The van der Waals surface area contributed by atoms with Crippen molar-refractivity contribution in [3.63, 3.8) is 0 Å². The molecule has 5 nitrogen and oxygen atoms in total. The molecule has 23 heavy (non-hydrogen) atoms. The molecular formula is C18H12N2O3. The van der Waals surface area contributed by atoms with Crippen LogP contribution in [-0.4, -0.2) is 19.8 Å². The van der Waals surface area contributed by atoms with Gasteiger partial charge < -0.3 is 19.5 Å². The maximum Gasteiger partial charge on any atom is 0.201 e. The lowest BCUT2D eigenvalue weighted by molar-refractivity contribution is 0.385. The fraction of sp³-hybridized carbons (Fsp3) is 0.0556. The summed E-state index contributed by atoms with van der Waals surface area (Å²) in [5, 5.41) is 21.7. The van der Waals surface area contributed by atoms with Crippen molar-refractivity contribution < 1.29 is 14.9 Å². The van der Waals surface area contributed by atoms with Gasteiger partial charge in [0, 0.05) is 11.0 Å². The minimum absolute atomic E-state index is 0.179. The first-order chi connectivity index (χ1) is 11.2. The largest absolute Gasteiger partial charge is 0.508 e. The van der Waals surface area contributed by atoms with E-state index in [-0.39, 0.29) is 11.6 Å². The van der Waals surface area contributed by atoms with Crippen LogP contribution in [0.2, 0.25) is 0 Å². The molecule has 0 amide bonds. The van der Waals surface area contributed by atoms with Crippen molar-refractivity contribution >= 4 is 27.9 Å². The first-order valence-electron chi connectivity index (χ1n) is 7.29. The molecule has 0 bridgehead atoms. The predicted octanol–water partition coefficient (Wildman–Crippen LogP) is 3.43. The van der Waals surface area contributed by atoms with Crippen molar-refractivity contribution in [3.8, 4) is 11.6 Å². The van der Waals surface area contributed by atoms with Gasteiger partial charge in [-0.1, -0.05) is 0 Å². The predicted molar refractivity (Wildman–Crippen MR) is 86.9 cm³/mol. The van der Waals surface area contributed by atoms with Gasteiger partial charge in [-0.2, -0.15) is 0 Å². The van der Waals surface area contributed by atoms with E-state index in [9.17, 15) is 10.2 Å². The zero-order chi connectivity index (χ0) is 15.6. The summed E-state index contributed by atoms with van der Waals surface area (Å²) >= 11 is 0. The highest BCUT2D eigenvalue weighted by atomic mass is 16.5. The van der Waals surface area contributed by atoms with Gasteiger partial charge in [0.1, 0.15) is 11.3 Å². The molecule has 5 heteroatoms. The molecule has 4 heterocycles.